The number of piperidine rings is 2. The van der Waals surface area contributed by atoms with Gasteiger partial charge in [-0.1, -0.05) is 267 Å². The molecule has 2 fully saturated rings. The highest BCUT2D eigenvalue weighted by Crippen LogP contribution is 2.54. The average Bonchev–Trinajstić information content (AvgIpc) is 1.56. The van der Waals surface area contributed by atoms with E-state index in [0.29, 0.717) is 12.1 Å². The van der Waals surface area contributed by atoms with E-state index in [1.165, 1.54) is 77.6 Å². The second kappa shape index (κ2) is 24.9. The van der Waals surface area contributed by atoms with Crippen molar-refractivity contribution in [2.45, 2.75) is 50.6 Å². The zero-order valence-corrected chi connectivity index (χ0v) is 50.0. The van der Waals surface area contributed by atoms with Crippen LogP contribution >= 0.6 is 0 Å². The van der Waals surface area contributed by atoms with Crippen molar-refractivity contribution in [3.05, 3.63) is 334 Å². The molecule has 0 saturated carbocycles. The molecule has 0 N–H and O–H groups in total. The van der Waals surface area contributed by atoms with Gasteiger partial charge in [-0.2, -0.15) is 0 Å². The van der Waals surface area contributed by atoms with E-state index in [1.807, 2.05) is 0 Å². The fourth-order valence-corrected chi connectivity index (χ4v) is 14.1. The van der Waals surface area contributed by atoms with E-state index in [-0.39, 0.29) is 0 Å². The van der Waals surface area contributed by atoms with Crippen molar-refractivity contribution in [1.82, 2.24) is 0 Å². The number of rotatable bonds is 15. The molecule has 0 atom stereocenters. The van der Waals surface area contributed by atoms with Gasteiger partial charge < -0.3 is 14.7 Å². The summed E-state index contributed by atoms with van der Waals surface area (Å²) in [5.41, 5.74) is 26.2. The molecule has 0 radical (unpaired) electrons. The number of hydrogen-bond donors (Lipinski definition) is 0. The van der Waals surface area contributed by atoms with E-state index in [1.54, 1.807) is 0 Å². The lowest BCUT2D eigenvalue weighted by molar-refractivity contribution is 0.296. The van der Waals surface area contributed by atoms with Gasteiger partial charge in [-0.15, -0.1) is 0 Å². The van der Waals surface area contributed by atoms with Gasteiger partial charge in [-0.25, -0.2) is 0 Å². The molecule has 2 heterocycles. The first-order valence-corrected chi connectivity index (χ1v) is 31.7. The Morgan fingerprint density at radius 3 is 0.719 bits per heavy atom. The van der Waals surface area contributed by atoms with E-state index < -0.39 is 0 Å². The summed E-state index contributed by atoms with van der Waals surface area (Å²) in [6, 6.07) is 124. The van der Waals surface area contributed by atoms with Crippen molar-refractivity contribution in [2.75, 3.05) is 14.7 Å². The zero-order valence-electron chi connectivity index (χ0n) is 50.0. The van der Waals surface area contributed by atoms with Crippen LogP contribution in [0.15, 0.2) is 334 Å². The predicted octanol–water partition coefficient (Wildman–Crippen LogP) is 23.9. The number of anilines is 7. The van der Waals surface area contributed by atoms with Crippen LogP contribution in [0.4, 0.5) is 39.8 Å². The fourth-order valence-electron chi connectivity index (χ4n) is 14.1. The molecule has 13 aromatic rings. The fraction of sp³-hybridized carbons (Fsp3) is 0.0930. The monoisotopic (exact) mass is 1140 g/mol. The Balaban J connectivity index is 1.07. The molecule has 3 nitrogen and oxygen atoms in total. The number of hydrogen-bond acceptors (Lipinski definition) is 3. The van der Waals surface area contributed by atoms with E-state index in [2.05, 4.69) is 348 Å². The molecule has 2 aliphatic rings. The molecule has 2 bridgehead atoms. The van der Waals surface area contributed by atoms with Gasteiger partial charge in [-0.3, -0.25) is 0 Å². The third kappa shape index (κ3) is 11.2. The van der Waals surface area contributed by atoms with Crippen LogP contribution in [0.1, 0.15) is 38.5 Å². The van der Waals surface area contributed by atoms with Crippen molar-refractivity contribution in [3.8, 4) is 89.0 Å². The third-order valence-electron chi connectivity index (χ3n) is 18.3. The largest absolute Gasteiger partial charge is 0.365 e. The topological polar surface area (TPSA) is 9.72 Å². The lowest BCUT2D eigenvalue weighted by Crippen LogP contribution is -2.49. The van der Waals surface area contributed by atoms with Gasteiger partial charge in [0.25, 0.3) is 0 Å². The molecular formula is C86H69N3. The summed E-state index contributed by atoms with van der Waals surface area (Å²) in [4.78, 5) is 8.06. The van der Waals surface area contributed by atoms with E-state index in [9.17, 15) is 0 Å². The molecule has 89 heavy (non-hydrogen) atoms. The van der Waals surface area contributed by atoms with E-state index in [4.69, 9.17) is 0 Å². The van der Waals surface area contributed by atoms with Crippen LogP contribution in [-0.4, -0.2) is 12.1 Å². The lowest BCUT2D eigenvalue weighted by atomic mass is 9.84. The summed E-state index contributed by atoms with van der Waals surface area (Å²) in [5, 5.41) is 0. The molecule has 15 rings (SSSR count). The summed E-state index contributed by atoms with van der Waals surface area (Å²) >= 11 is 0. The zero-order chi connectivity index (χ0) is 59.3. The van der Waals surface area contributed by atoms with E-state index >= 15 is 0 Å². The Kier molecular flexibility index (Phi) is 15.4. The molecule has 0 amide bonds. The smallest absolute Gasteiger partial charge is 0.0618 e. The molecule has 2 saturated heterocycles. The quantitative estimate of drug-likeness (QED) is 0.101. The second-order valence-corrected chi connectivity index (χ2v) is 23.8. The molecule has 13 aromatic carbocycles. The Labute approximate surface area is 524 Å². The normalized spacial score (nSPS) is 14.4. The molecular weight excluding hydrogens is 1070 g/mol. The average molecular weight is 1140 g/mol. The van der Waals surface area contributed by atoms with Gasteiger partial charge in [0.1, 0.15) is 0 Å². The van der Waals surface area contributed by atoms with Gasteiger partial charge in [0.05, 0.1) is 22.7 Å². The highest BCUT2D eigenvalue weighted by atomic mass is 15.2. The molecule has 0 unspecified atom stereocenters. The standard InChI is InChI=1S/C86H69N3/c1-9-27-62(28-10-1)66-47-51-76(52-48-66)88(85-81(68-35-17-5-18-36-68)55-72(64-31-13-3-14-32-64)56-82(85)69-37-19-6-20-38-69)79-59-78(87-74-43-25-44-75(87)46-26-45-74)60-80(61-79)89(77-53-49-67(50-54-77)63-29-11-2-12-30-63)86-83(70-39-21-7-22-40-70)57-73(65-33-15-4-16-34-65)58-84(86)71-41-23-8-24-42-71/h1-24,27-42,47-61,74-75H,25-26,43-46H2. The van der Waals surface area contributed by atoms with Crippen molar-refractivity contribution in [3.63, 3.8) is 0 Å². The van der Waals surface area contributed by atoms with Crippen molar-refractivity contribution in [2.24, 2.45) is 0 Å². The summed E-state index contributed by atoms with van der Waals surface area (Å²) in [6.45, 7) is 0. The Hall–Kier alpha value is -10.7. The van der Waals surface area contributed by atoms with Crippen LogP contribution in [0, 0.1) is 0 Å². The Morgan fingerprint density at radius 2 is 0.449 bits per heavy atom. The predicted molar refractivity (Wildman–Crippen MR) is 377 cm³/mol. The van der Waals surface area contributed by atoms with Crippen molar-refractivity contribution < 1.29 is 0 Å². The number of benzene rings is 13. The molecule has 0 aliphatic carbocycles. The lowest BCUT2D eigenvalue weighted by Gasteiger charge is -2.48. The van der Waals surface area contributed by atoms with Gasteiger partial charge >= 0.3 is 0 Å². The van der Waals surface area contributed by atoms with Crippen molar-refractivity contribution in [1.29, 1.82) is 0 Å². The minimum Gasteiger partial charge on any atom is -0.365 e. The highest BCUT2D eigenvalue weighted by Gasteiger charge is 2.36. The summed E-state index contributed by atoms with van der Waals surface area (Å²) < 4.78 is 0. The minimum absolute atomic E-state index is 0.428. The molecule has 2 aliphatic heterocycles. The maximum atomic E-state index is 2.86. The second-order valence-electron chi connectivity index (χ2n) is 23.8. The van der Waals surface area contributed by atoms with Gasteiger partial charge in [0, 0.05) is 51.4 Å². The van der Waals surface area contributed by atoms with Gasteiger partial charge in [0.15, 0.2) is 0 Å². The van der Waals surface area contributed by atoms with Crippen LogP contribution in [-0.2, 0) is 0 Å². The van der Waals surface area contributed by atoms with Crippen LogP contribution < -0.4 is 14.7 Å². The van der Waals surface area contributed by atoms with Gasteiger partial charge in [0.2, 0.25) is 0 Å². The van der Waals surface area contributed by atoms with Crippen LogP contribution in [0.25, 0.3) is 89.0 Å². The molecule has 0 spiro atoms. The summed E-state index contributed by atoms with van der Waals surface area (Å²) in [7, 11) is 0. The summed E-state index contributed by atoms with van der Waals surface area (Å²) in [6.07, 6.45) is 7.22. The maximum Gasteiger partial charge on any atom is 0.0618 e. The van der Waals surface area contributed by atoms with E-state index in [0.717, 1.165) is 89.8 Å². The van der Waals surface area contributed by atoms with Crippen molar-refractivity contribution >= 4 is 39.8 Å². The summed E-state index contributed by atoms with van der Waals surface area (Å²) in [5.74, 6) is 0. The molecule has 428 valence electrons. The number of nitrogens with zero attached hydrogens (tertiary/aromatic N) is 3. The first-order chi connectivity index (χ1) is 44.1. The molecule has 0 aromatic heterocycles. The Bertz CT molecular complexity index is 4080. The number of fused-ring (bicyclic) bond motifs is 2. The van der Waals surface area contributed by atoms with Crippen LogP contribution in [0.3, 0.4) is 0 Å². The first kappa shape index (κ1) is 54.9. The van der Waals surface area contributed by atoms with Gasteiger partial charge in [-0.05, 0) is 172 Å². The molecule has 3 heteroatoms. The maximum absolute atomic E-state index is 2.86. The SMILES string of the molecule is c1ccc(-c2ccc(N(c3cc(N(c4ccc(-c5ccccc5)cc4)c4c(-c5ccccc5)cc(-c5ccccc5)cc4-c4ccccc4)cc(N4C5CCCC4CCC5)c3)c3c(-c4ccccc4)cc(-c4ccccc4)cc3-c3ccccc3)cc2)cc1. The third-order valence-corrected chi connectivity index (χ3v) is 18.3. The van der Waals surface area contributed by atoms with Crippen LogP contribution in [0.2, 0.25) is 0 Å². The minimum atomic E-state index is 0.428. The Morgan fingerprint density at radius 1 is 0.213 bits per heavy atom. The highest BCUT2D eigenvalue weighted by molar-refractivity contribution is 6.04. The first-order valence-electron chi connectivity index (χ1n) is 31.7. The van der Waals surface area contributed by atoms with Crippen LogP contribution in [0.5, 0.6) is 0 Å².